The summed E-state index contributed by atoms with van der Waals surface area (Å²) in [6, 6.07) is 8.20. The van der Waals surface area contributed by atoms with E-state index in [9.17, 15) is 0 Å². The van der Waals surface area contributed by atoms with E-state index < -0.39 is 0 Å². The van der Waals surface area contributed by atoms with Crippen molar-refractivity contribution >= 4 is 0 Å². The Morgan fingerprint density at radius 1 is 1.36 bits per heavy atom. The Morgan fingerprint density at radius 2 is 2.21 bits per heavy atom. The van der Waals surface area contributed by atoms with Gasteiger partial charge in [-0.2, -0.15) is 0 Å². The summed E-state index contributed by atoms with van der Waals surface area (Å²) in [4.78, 5) is 0. The molecule has 0 unspecified atom stereocenters. The molecule has 14 heavy (non-hydrogen) atoms. The monoisotopic (exact) mass is 188 g/mol. The molecule has 0 amide bonds. The van der Waals surface area contributed by atoms with Gasteiger partial charge in [-0.25, -0.2) is 0 Å². The molecular weight excluding hydrogens is 172 g/mol. The lowest BCUT2D eigenvalue weighted by atomic mass is 10.2. The fourth-order valence-corrected chi connectivity index (χ4v) is 1.20. The Bertz CT molecular complexity index is 331. The van der Waals surface area contributed by atoms with E-state index in [0.717, 1.165) is 18.6 Å². The van der Waals surface area contributed by atoms with Crippen molar-refractivity contribution in [1.82, 2.24) is 0 Å². The van der Waals surface area contributed by atoms with Gasteiger partial charge in [-0.05, 0) is 31.0 Å². The lowest BCUT2D eigenvalue weighted by molar-refractivity contribution is 0.327. The SMILES string of the molecule is CC#CCCOc1cccc(CC)c1. The molecule has 1 aromatic carbocycles. The smallest absolute Gasteiger partial charge is 0.119 e. The van der Waals surface area contributed by atoms with E-state index in [2.05, 4.69) is 30.9 Å². The minimum Gasteiger partial charge on any atom is -0.493 e. The van der Waals surface area contributed by atoms with Gasteiger partial charge in [0, 0.05) is 6.42 Å². The van der Waals surface area contributed by atoms with Crippen LogP contribution in [0.15, 0.2) is 24.3 Å². The van der Waals surface area contributed by atoms with Crippen LogP contribution in [-0.4, -0.2) is 6.61 Å². The van der Waals surface area contributed by atoms with Crippen LogP contribution in [0, 0.1) is 11.8 Å². The zero-order valence-electron chi connectivity index (χ0n) is 8.84. The first kappa shape index (κ1) is 10.7. The van der Waals surface area contributed by atoms with Crippen molar-refractivity contribution in [3.05, 3.63) is 29.8 Å². The minimum atomic E-state index is 0.675. The van der Waals surface area contributed by atoms with Crippen molar-refractivity contribution in [1.29, 1.82) is 0 Å². The zero-order valence-corrected chi connectivity index (χ0v) is 8.84. The van der Waals surface area contributed by atoms with Gasteiger partial charge in [-0.1, -0.05) is 19.1 Å². The highest BCUT2D eigenvalue weighted by Gasteiger charge is 1.93. The maximum atomic E-state index is 5.55. The second-order valence-corrected chi connectivity index (χ2v) is 3.03. The quantitative estimate of drug-likeness (QED) is 0.521. The van der Waals surface area contributed by atoms with Gasteiger partial charge in [-0.3, -0.25) is 0 Å². The van der Waals surface area contributed by atoms with Crippen LogP contribution in [0.25, 0.3) is 0 Å². The topological polar surface area (TPSA) is 9.23 Å². The van der Waals surface area contributed by atoms with Gasteiger partial charge < -0.3 is 4.74 Å². The Labute approximate surface area is 86.1 Å². The normalized spacial score (nSPS) is 9.00. The summed E-state index contributed by atoms with van der Waals surface area (Å²) in [6.07, 6.45) is 1.85. The van der Waals surface area contributed by atoms with Crippen LogP contribution >= 0.6 is 0 Å². The number of benzene rings is 1. The molecule has 0 aliphatic rings. The maximum absolute atomic E-state index is 5.55. The molecule has 0 bridgehead atoms. The molecule has 1 aromatic rings. The molecule has 0 spiro atoms. The van der Waals surface area contributed by atoms with E-state index in [1.807, 2.05) is 19.1 Å². The fourth-order valence-electron chi connectivity index (χ4n) is 1.20. The third-order valence-corrected chi connectivity index (χ3v) is 1.98. The number of aryl methyl sites for hydroxylation is 1. The average Bonchev–Trinajstić information content (AvgIpc) is 2.25. The molecule has 74 valence electrons. The Kier molecular flexibility index (Phi) is 4.64. The van der Waals surface area contributed by atoms with E-state index in [1.165, 1.54) is 5.56 Å². The van der Waals surface area contributed by atoms with E-state index >= 15 is 0 Å². The van der Waals surface area contributed by atoms with Gasteiger partial charge in [-0.15, -0.1) is 11.8 Å². The largest absolute Gasteiger partial charge is 0.493 e. The third kappa shape index (κ3) is 3.53. The highest BCUT2D eigenvalue weighted by atomic mass is 16.5. The van der Waals surface area contributed by atoms with Crippen LogP contribution in [0.5, 0.6) is 5.75 Å². The summed E-state index contributed by atoms with van der Waals surface area (Å²) in [5, 5.41) is 0. The molecule has 1 rings (SSSR count). The third-order valence-electron chi connectivity index (χ3n) is 1.98. The van der Waals surface area contributed by atoms with Crippen LogP contribution in [0.3, 0.4) is 0 Å². The molecular formula is C13H16O. The number of rotatable bonds is 4. The summed E-state index contributed by atoms with van der Waals surface area (Å²) in [6.45, 7) is 4.66. The highest BCUT2D eigenvalue weighted by molar-refractivity contribution is 5.28. The van der Waals surface area contributed by atoms with Crippen LogP contribution in [0.2, 0.25) is 0 Å². The van der Waals surface area contributed by atoms with Crippen molar-refractivity contribution in [2.45, 2.75) is 26.7 Å². The van der Waals surface area contributed by atoms with E-state index in [1.54, 1.807) is 0 Å². The average molecular weight is 188 g/mol. The molecule has 0 fully saturated rings. The second-order valence-electron chi connectivity index (χ2n) is 3.03. The van der Waals surface area contributed by atoms with Crippen molar-refractivity contribution in [2.24, 2.45) is 0 Å². The number of hydrogen-bond acceptors (Lipinski definition) is 1. The molecule has 0 atom stereocenters. The number of hydrogen-bond donors (Lipinski definition) is 0. The van der Waals surface area contributed by atoms with Crippen LogP contribution in [0.4, 0.5) is 0 Å². The Balaban J connectivity index is 2.44. The summed E-state index contributed by atoms with van der Waals surface area (Å²) in [5.74, 6) is 6.77. The van der Waals surface area contributed by atoms with Gasteiger partial charge in [0.05, 0.1) is 6.61 Å². The fraction of sp³-hybridized carbons (Fsp3) is 0.385. The van der Waals surface area contributed by atoms with Crippen LogP contribution in [0.1, 0.15) is 25.8 Å². The van der Waals surface area contributed by atoms with E-state index in [4.69, 9.17) is 4.74 Å². The molecule has 0 saturated heterocycles. The Hall–Kier alpha value is -1.42. The van der Waals surface area contributed by atoms with Crippen molar-refractivity contribution in [3.63, 3.8) is 0 Å². The molecule has 0 saturated carbocycles. The van der Waals surface area contributed by atoms with Crippen molar-refractivity contribution in [2.75, 3.05) is 6.61 Å². The van der Waals surface area contributed by atoms with Crippen molar-refractivity contribution in [3.8, 4) is 17.6 Å². The lowest BCUT2D eigenvalue weighted by Crippen LogP contribution is -1.96. The highest BCUT2D eigenvalue weighted by Crippen LogP contribution is 2.13. The van der Waals surface area contributed by atoms with Gasteiger partial charge >= 0.3 is 0 Å². The summed E-state index contributed by atoms with van der Waals surface area (Å²) in [7, 11) is 0. The zero-order chi connectivity index (χ0) is 10.2. The first-order valence-electron chi connectivity index (χ1n) is 4.98. The Morgan fingerprint density at radius 3 is 2.93 bits per heavy atom. The summed E-state index contributed by atoms with van der Waals surface area (Å²) >= 11 is 0. The first-order valence-corrected chi connectivity index (χ1v) is 4.98. The molecule has 0 radical (unpaired) electrons. The second kappa shape index (κ2) is 6.10. The van der Waals surface area contributed by atoms with Gasteiger partial charge in [0.1, 0.15) is 5.75 Å². The standard InChI is InChI=1S/C13H16O/c1-3-5-6-10-14-13-9-7-8-12(4-2)11-13/h7-9,11H,4,6,10H2,1-2H3. The molecule has 1 heteroatoms. The maximum Gasteiger partial charge on any atom is 0.119 e. The van der Waals surface area contributed by atoms with Gasteiger partial charge in [0.15, 0.2) is 0 Å². The minimum absolute atomic E-state index is 0.675. The molecule has 0 aliphatic carbocycles. The summed E-state index contributed by atoms with van der Waals surface area (Å²) < 4.78 is 5.55. The number of ether oxygens (including phenoxy) is 1. The molecule has 0 aliphatic heterocycles. The van der Waals surface area contributed by atoms with Gasteiger partial charge in [0.2, 0.25) is 0 Å². The molecule has 0 heterocycles. The van der Waals surface area contributed by atoms with E-state index in [-0.39, 0.29) is 0 Å². The molecule has 0 N–H and O–H groups in total. The lowest BCUT2D eigenvalue weighted by Gasteiger charge is -2.04. The predicted molar refractivity (Wildman–Crippen MR) is 59.4 cm³/mol. The predicted octanol–water partition coefficient (Wildman–Crippen LogP) is 3.04. The van der Waals surface area contributed by atoms with Crippen LogP contribution in [-0.2, 0) is 6.42 Å². The molecule has 0 aromatic heterocycles. The summed E-state index contributed by atoms with van der Waals surface area (Å²) in [5.41, 5.74) is 1.31. The van der Waals surface area contributed by atoms with E-state index in [0.29, 0.717) is 6.61 Å². The van der Waals surface area contributed by atoms with Gasteiger partial charge in [0.25, 0.3) is 0 Å². The molecule has 1 nitrogen and oxygen atoms in total. The first-order chi connectivity index (χ1) is 6.86. The van der Waals surface area contributed by atoms with Crippen molar-refractivity contribution < 1.29 is 4.74 Å². The van der Waals surface area contributed by atoms with Crippen LogP contribution < -0.4 is 4.74 Å².